The summed E-state index contributed by atoms with van der Waals surface area (Å²) >= 11 is 0. The van der Waals surface area contributed by atoms with Crippen LogP contribution in [0.3, 0.4) is 0 Å². The van der Waals surface area contributed by atoms with Crippen molar-refractivity contribution in [2.45, 2.75) is 94.4 Å². The van der Waals surface area contributed by atoms with Gasteiger partial charge in [-0.2, -0.15) is 0 Å². The van der Waals surface area contributed by atoms with Gasteiger partial charge in [0.15, 0.2) is 28.5 Å². The van der Waals surface area contributed by atoms with E-state index >= 15 is 4.79 Å². The lowest BCUT2D eigenvalue weighted by atomic mass is 9.37. The number of benzene rings is 1. The molecule has 0 aliphatic heterocycles. The number of rotatable bonds is 11. The van der Waals surface area contributed by atoms with Gasteiger partial charge >= 0.3 is 0 Å². The van der Waals surface area contributed by atoms with E-state index in [1.807, 2.05) is 66.7 Å². The molecule has 2 fully saturated rings. The fourth-order valence-electron chi connectivity index (χ4n) is 7.20. The maximum absolute atomic E-state index is 15.0. The monoisotopic (exact) mass is 570 g/mol. The minimum Gasteiger partial charge on any atom is -0.298 e. The summed E-state index contributed by atoms with van der Waals surface area (Å²) in [6.45, 7) is 22.2. The van der Waals surface area contributed by atoms with Crippen LogP contribution < -0.4 is 0 Å². The zero-order valence-corrected chi connectivity index (χ0v) is 27.2. The van der Waals surface area contributed by atoms with Crippen molar-refractivity contribution >= 4 is 23.1 Å². The van der Waals surface area contributed by atoms with Crippen LogP contribution in [0.2, 0.25) is 0 Å². The van der Waals surface area contributed by atoms with Gasteiger partial charge < -0.3 is 0 Å². The minimum atomic E-state index is -1.90. The summed E-state index contributed by atoms with van der Waals surface area (Å²) in [5.41, 5.74) is 0.346. The molecule has 0 saturated heterocycles. The maximum Gasteiger partial charge on any atom is 0.183 e. The van der Waals surface area contributed by atoms with Crippen molar-refractivity contribution in [3.63, 3.8) is 0 Å². The molecule has 1 aromatic carbocycles. The lowest BCUT2D eigenvalue weighted by molar-refractivity contribution is -0.181. The third kappa shape index (κ3) is 5.74. The van der Waals surface area contributed by atoms with E-state index in [2.05, 4.69) is 26.5 Å². The van der Waals surface area contributed by atoms with E-state index < -0.39 is 39.5 Å². The van der Waals surface area contributed by atoms with Crippen LogP contribution in [0.1, 0.15) is 105 Å². The van der Waals surface area contributed by atoms with Gasteiger partial charge in [-0.3, -0.25) is 19.2 Å². The zero-order valence-electron chi connectivity index (χ0n) is 27.2. The summed E-state index contributed by atoms with van der Waals surface area (Å²) in [4.78, 5) is 59.1. The molecule has 2 aliphatic rings. The standard InChI is InChI=1S/C38H50O4/c1-24(2)16-18-29(27(7)8)22-30-23-37(32(39)28-14-12-11-13-15-28)33(40)31(19-17-25(3)4)34(41)38(35(37)42,36(30,9)10)21-20-26(5)6/h11-17,20,29-31H,7,18-19,21-23H2,1-6,8-10H3. The fraction of sp³-hybridized carbons (Fsp3) is 0.526. The molecule has 0 N–H and O–H groups in total. The topological polar surface area (TPSA) is 68.3 Å². The van der Waals surface area contributed by atoms with Crippen LogP contribution in [0.15, 0.2) is 77.4 Å². The van der Waals surface area contributed by atoms with Crippen molar-refractivity contribution in [3.8, 4) is 0 Å². The van der Waals surface area contributed by atoms with Crippen LogP contribution in [0, 0.1) is 34.0 Å². The highest BCUT2D eigenvalue weighted by Gasteiger charge is 2.76. The molecule has 3 rings (SSSR count). The van der Waals surface area contributed by atoms with Gasteiger partial charge in [0.05, 0.1) is 11.3 Å². The average Bonchev–Trinajstić information content (AvgIpc) is 2.91. The van der Waals surface area contributed by atoms with Crippen LogP contribution in [0.25, 0.3) is 0 Å². The smallest absolute Gasteiger partial charge is 0.183 e. The number of fused-ring (bicyclic) bond motifs is 2. The number of carbonyl (C=O) groups is 4. The minimum absolute atomic E-state index is 0.0918. The first-order valence-electron chi connectivity index (χ1n) is 15.3. The maximum atomic E-state index is 15.0. The quantitative estimate of drug-likeness (QED) is 0.151. The van der Waals surface area contributed by atoms with Gasteiger partial charge in [-0.25, -0.2) is 0 Å². The van der Waals surface area contributed by atoms with E-state index in [-0.39, 0.29) is 36.9 Å². The Kier molecular flexibility index (Phi) is 10.0. The molecule has 226 valence electrons. The van der Waals surface area contributed by atoms with Crippen molar-refractivity contribution in [1.82, 2.24) is 0 Å². The van der Waals surface area contributed by atoms with Crippen molar-refractivity contribution in [2.24, 2.45) is 34.0 Å². The fourth-order valence-corrected chi connectivity index (χ4v) is 7.20. The molecule has 0 heterocycles. The Morgan fingerprint density at radius 2 is 1.45 bits per heavy atom. The van der Waals surface area contributed by atoms with Gasteiger partial charge in [-0.05, 0) is 97.8 Å². The molecule has 5 atom stereocenters. The van der Waals surface area contributed by atoms with Crippen molar-refractivity contribution in [1.29, 1.82) is 0 Å². The first kappa shape index (κ1) is 33.4. The molecule has 2 bridgehead atoms. The van der Waals surface area contributed by atoms with Crippen molar-refractivity contribution in [3.05, 3.63) is 83.0 Å². The third-order valence-corrected chi connectivity index (χ3v) is 10.0. The van der Waals surface area contributed by atoms with E-state index in [0.29, 0.717) is 12.0 Å². The second-order valence-corrected chi connectivity index (χ2v) is 14.0. The summed E-state index contributed by atoms with van der Waals surface area (Å²) in [5.74, 6) is -3.00. The molecule has 0 spiro atoms. The normalized spacial score (nSPS) is 27.1. The van der Waals surface area contributed by atoms with Gasteiger partial charge in [0.25, 0.3) is 0 Å². The Morgan fingerprint density at radius 3 is 1.98 bits per heavy atom. The predicted molar refractivity (Wildman–Crippen MR) is 171 cm³/mol. The molecule has 42 heavy (non-hydrogen) atoms. The summed E-state index contributed by atoms with van der Waals surface area (Å²) in [7, 11) is 0. The summed E-state index contributed by atoms with van der Waals surface area (Å²) < 4.78 is 0. The molecule has 1 aromatic rings. The second-order valence-electron chi connectivity index (χ2n) is 14.0. The van der Waals surface area contributed by atoms with E-state index in [9.17, 15) is 14.4 Å². The Morgan fingerprint density at radius 1 is 0.881 bits per heavy atom. The second kappa shape index (κ2) is 12.6. The molecular formula is C38H50O4. The summed E-state index contributed by atoms with van der Waals surface area (Å²) in [5, 5.41) is 0. The van der Waals surface area contributed by atoms with Crippen LogP contribution in [-0.4, -0.2) is 23.1 Å². The summed E-state index contributed by atoms with van der Waals surface area (Å²) in [6, 6.07) is 8.68. The first-order chi connectivity index (χ1) is 19.5. The van der Waals surface area contributed by atoms with Crippen LogP contribution in [0.4, 0.5) is 0 Å². The Balaban J connectivity index is 2.37. The van der Waals surface area contributed by atoms with E-state index in [0.717, 1.165) is 23.1 Å². The van der Waals surface area contributed by atoms with Crippen LogP contribution in [-0.2, 0) is 14.4 Å². The Bertz CT molecular complexity index is 1340. The van der Waals surface area contributed by atoms with Gasteiger partial charge in [-0.15, -0.1) is 0 Å². The molecule has 2 aliphatic carbocycles. The van der Waals surface area contributed by atoms with E-state index in [1.165, 1.54) is 5.57 Å². The Labute approximate surface area is 253 Å². The largest absolute Gasteiger partial charge is 0.298 e. The lowest BCUT2D eigenvalue weighted by Crippen LogP contribution is -2.73. The first-order valence-corrected chi connectivity index (χ1v) is 15.3. The molecule has 0 aromatic heterocycles. The van der Waals surface area contributed by atoms with Crippen molar-refractivity contribution in [2.75, 3.05) is 0 Å². The van der Waals surface area contributed by atoms with Crippen LogP contribution >= 0.6 is 0 Å². The van der Waals surface area contributed by atoms with E-state index in [1.54, 1.807) is 24.3 Å². The van der Waals surface area contributed by atoms with Crippen LogP contribution in [0.5, 0.6) is 0 Å². The number of allylic oxidation sites excluding steroid dienone is 7. The molecule has 4 nitrogen and oxygen atoms in total. The number of hydrogen-bond acceptors (Lipinski definition) is 4. The zero-order chi connectivity index (χ0) is 31.6. The molecule has 4 heteroatoms. The number of hydrogen-bond donors (Lipinski definition) is 0. The molecule has 0 amide bonds. The average molecular weight is 571 g/mol. The molecule has 5 unspecified atom stereocenters. The SMILES string of the molecule is C=C(C)C(CC=C(C)C)CC1CC2(C(=O)c3ccccc3)C(=O)C(CC=C(C)C)C(=O)C(CC=C(C)C)(C2=O)C1(C)C. The number of carbonyl (C=O) groups excluding carboxylic acids is 4. The highest BCUT2D eigenvalue weighted by Crippen LogP contribution is 2.65. The predicted octanol–water partition coefficient (Wildman–Crippen LogP) is 8.88. The lowest BCUT2D eigenvalue weighted by Gasteiger charge is -2.61. The highest BCUT2D eigenvalue weighted by molar-refractivity contribution is 6.40. The highest BCUT2D eigenvalue weighted by atomic mass is 16.2. The Hall–Kier alpha value is -3.14. The van der Waals surface area contributed by atoms with Gasteiger partial charge in [0, 0.05) is 5.56 Å². The molecule has 0 radical (unpaired) electrons. The van der Waals surface area contributed by atoms with Gasteiger partial charge in [0.1, 0.15) is 0 Å². The number of Topliss-reactive ketones (excluding diaryl/α,β-unsaturated/α-hetero) is 4. The molecule has 2 saturated carbocycles. The van der Waals surface area contributed by atoms with Gasteiger partial charge in [0.2, 0.25) is 0 Å². The van der Waals surface area contributed by atoms with Crippen molar-refractivity contribution < 1.29 is 19.2 Å². The van der Waals surface area contributed by atoms with E-state index in [4.69, 9.17) is 0 Å². The third-order valence-electron chi connectivity index (χ3n) is 10.0. The molecular weight excluding hydrogens is 520 g/mol. The van der Waals surface area contributed by atoms with Gasteiger partial charge in [-0.1, -0.05) is 91.3 Å². The summed E-state index contributed by atoms with van der Waals surface area (Å²) in [6.07, 6.45) is 7.94. The number of ketones is 4.